The van der Waals surface area contributed by atoms with Crippen LogP contribution in [0.4, 0.5) is 5.82 Å². The van der Waals surface area contributed by atoms with E-state index < -0.39 is 11.2 Å². The van der Waals surface area contributed by atoms with Gasteiger partial charge in [0.15, 0.2) is 11.0 Å². The Morgan fingerprint density at radius 1 is 1.38 bits per heavy atom. The number of pyridine rings is 1. The first-order valence-electron chi connectivity index (χ1n) is 7.80. The summed E-state index contributed by atoms with van der Waals surface area (Å²) in [4.78, 5) is 27.3. The van der Waals surface area contributed by atoms with Gasteiger partial charge in [0.05, 0.1) is 15.3 Å². The van der Waals surface area contributed by atoms with E-state index >= 15 is 0 Å². The van der Waals surface area contributed by atoms with E-state index in [4.69, 9.17) is 28.9 Å². The Hall–Kier alpha value is -1.84. The summed E-state index contributed by atoms with van der Waals surface area (Å²) in [6.07, 6.45) is 2.00. The third kappa shape index (κ3) is 5.33. The van der Waals surface area contributed by atoms with Crippen LogP contribution in [0.1, 0.15) is 26.1 Å². The summed E-state index contributed by atoms with van der Waals surface area (Å²) in [5, 5.41) is 11.6. The highest BCUT2D eigenvalue weighted by Gasteiger charge is 2.21. The summed E-state index contributed by atoms with van der Waals surface area (Å²) < 4.78 is 1.85. The molecule has 26 heavy (non-hydrogen) atoms. The molecular formula is C15H18Cl2N6O2S. The molecule has 3 N–H and O–H groups in total. The van der Waals surface area contributed by atoms with Crippen molar-refractivity contribution in [3.8, 4) is 0 Å². The molecule has 0 aromatic carbocycles. The second-order valence-electron chi connectivity index (χ2n) is 5.34. The number of thioether (sulfide) groups is 1. The van der Waals surface area contributed by atoms with Crippen molar-refractivity contribution in [2.75, 3.05) is 5.32 Å². The number of hydrogen-bond acceptors (Lipinski definition) is 6. The molecule has 140 valence electrons. The summed E-state index contributed by atoms with van der Waals surface area (Å²) in [6.45, 7) is 4.28. The fourth-order valence-electron chi connectivity index (χ4n) is 2.08. The van der Waals surface area contributed by atoms with E-state index in [-0.39, 0.29) is 23.2 Å². The summed E-state index contributed by atoms with van der Waals surface area (Å²) >= 11 is 13.1. The van der Waals surface area contributed by atoms with Crippen LogP contribution in [0.15, 0.2) is 17.4 Å². The molecule has 2 amide bonds. The van der Waals surface area contributed by atoms with Gasteiger partial charge in [0, 0.05) is 25.6 Å². The van der Waals surface area contributed by atoms with E-state index in [2.05, 4.69) is 20.5 Å². The summed E-state index contributed by atoms with van der Waals surface area (Å²) in [7, 11) is 0. The van der Waals surface area contributed by atoms with Gasteiger partial charge in [-0.15, -0.1) is 10.2 Å². The molecule has 0 saturated heterocycles. The van der Waals surface area contributed by atoms with E-state index in [1.165, 1.54) is 24.0 Å². The van der Waals surface area contributed by atoms with Crippen LogP contribution in [0.2, 0.25) is 10.0 Å². The van der Waals surface area contributed by atoms with Crippen molar-refractivity contribution in [3.63, 3.8) is 0 Å². The number of hydrogen-bond donors (Lipinski definition) is 2. The third-order valence-corrected chi connectivity index (χ3v) is 4.98. The van der Waals surface area contributed by atoms with Crippen molar-refractivity contribution in [3.05, 3.63) is 28.1 Å². The van der Waals surface area contributed by atoms with Gasteiger partial charge in [-0.3, -0.25) is 9.59 Å². The number of carbonyl (C=O) groups excluding carboxylic acids is 2. The molecule has 0 aliphatic rings. The molecular weight excluding hydrogens is 399 g/mol. The number of anilines is 1. The number of halogens is 2. The second kappa shape index (κ2) is 9.20. The highest BCUT2D eigenvalue weighted by molar-refractivity contribution is 8.00. The molecule has 0 aliphatic heterocycles. The number of nitrogens with zero attached hydrogens (tertiary/aromatic N) is 4. The summed E-state index contributed by atoms with van der Waals surface area (Å²) in [5.74, 6) is 0.220. The Labute approximate surface area is 164 Å². The monoisotopic (exact) mass is 416 g/mol. The molecule has 2 aromatic heterocycles. The average Bonchev–Trinajstić information content (AvgIpc) is 2.96. The quantitative estimate of drug-likeness (QED) is 0.638. The van der Waals surface area contributed by atoms with Gasteiger partial charge in [-0.2, -0.15) is 0 Å². The first-order valence-corrected chi connectivity index (χ1v) is 9.44. The lowest BCUT2D eigenvalue weighted by atomic mass is 10.3. The summed E-state index contributed by atoms with van der Waals surface area (Å²) in [5.41, 5.74) is 5.17. The lowest BCUT2D eigenvalue weighted by molar-refractivity contribution is -0.118. The largest absolute Gasteiger partial charge is 0.370 e. The van der Waals surface area contributed by atoms with Gasteiger partial charge in [0.2, 0.25) is 11.8 Å². The van der Waals surface area contributed by atoms with Crippen LogP contribution >= 0.6 is 35.0 Å². The van der Waals surface area contributed by atoms with Gasteiger partial charge in [0.25, 0.3) is 0 Å². The fraction of sp³-hybridized carbons (Fsp3) is 0.400. The van der Waals surface area contributed by atoms with Crippen LogP contribution in [-0.2, 0) is 22.6 Å². The van der Waals surface area contributed by atoms with Gasteiger partial charge in [0.1, 0.15) is 5.82 Å². The number of rotatable bonds is 8. The SMILES string of the molecule is CCn1c(CCC(N)=O)nnc1S[C@@H](C)C(=O)Nc1ncc(Cl)cc1Cl. The molecule has 0 fully saturated rings. The minimum Gasteiger partial charge on any atom is -0.370 e. The number of aryl methyl sites for hydroxylation is 1. The molecule has 0 spiro atoms. The van der Waals surface area contributed by atoms with Crippen molar-refractivity contribution in [1.29, 1.82) is 0 Å². The highest BCUT2D eigenvalue weighted by atomic mass is 35.5. The molecule has 0 bridgehead atoms. The Kier molecular flexibility index (Phi) is 7.24. The van der Waals surface area contributed by atoms with E-state index in [0.717, 1.165) is 0 Å². The smallest absolute Gasteiger partial charge is 0.238 e. The molecule has 2 aromatic rings. The number of nitrogens with two attached hydrogens (primary N) is 1. The number of carbonyl (C=O) groups is 2. The molecule has 8 nitrogen and oxygen atoms in total. The predicted molar refractivity (Wildman–Crippen MR) is 101 cm³/mol. The van der Waals surface area contributed by atoms with Crippen molar-refractivity contribution < 1.29 is 9.59 Å². The third-order valence-electron chi connectivity index (χ3n) is 3.41. The van der Waals surface area contributed by atoms with Gasteiger partial charge < -0.3 is 15.6 Å². The zero-order chi connectivity index (χ0) is 19.3. The van der Waals surface area contributed by atoms with Crippen molar-refractivity contribution in [2.24, 2.45) is 5.73 Å². The molecule has 0 radical (unpaired) electrons. The molecule has 2 rings (SSSR count). The summed E-state index contributed by atoms with van der Waals surface area (Å²) in [6, 6.07) is 1.50. The van der Waals surface area contributed by atoms with Crippen molar-refractivity contribution in [1.82, 2.24) is 19.7 Å². The minimum atomic E-state index is -0.470. The fourth-order valence-corrected chi connectivity index (χ4v) is 3.44. The van der Waals surface area contributed by atoms with Gasteiger partial charge >= 0.3 is 0 Å². The van der Waals surface area contributed by atoms with Crippen LogP contribution < -0.4 is 11.1 Å². The van der Waals surface area contributed by atoms with E-state index in [9.17, 15) is 9.59 Å². The zero-order valence-corrected chi connectivity index (χ0v) is 16.5. The molecule has 2 heterocycles. The zero-order valence-electron chi connectivity index (χ0n) is 14.2. The van der Waals surface area contributed by atoms with Crippen LogP contribution in [-0.4, -0.2) is 36.8 Å². The lowest BCUT2D eigenvalue weighted by Crippen LogP contribution is -2.23. The van der Waals surface area contributed by atoms with Crippen molar-refractivity contribution in [2.45, 2.75) is 43.6 Å². The van der Waals surface area contributed by atoms with E-state index in [1.807, 2.05) is 11.5 Å². The molecule has 0 saturated carbocycles. The Bertz CT molecular complexity index is 813. The minimum absolute atomic E-state index is 0.194. The first kappa shape index (κ1) is 20.5. The number of amides is 2. The normalized spacial score (nSPS) is 12.0. The standard InChI is InChI=1S/C15H18Cl2N6O2S/c1-3-23-12(5-4-11(18)24)21-22-15(23)26-8(2)14(25)20-13-10(17)6-9(16)7-19-13/h6-8H,3-5H2,1-2H3,(H2,18,24)(H,19,20,25)/t8-/m0/s1. The number of primary amides is 1. The highest BCUT2D eigenvalue weighted by Crippen LogP contribution is 2.26. The number of aromatic nitrogens is 4. The predicted octanol–water partition coefficient (Wildman–Crippen LogP) is 2.54. The van der Waals surface area contributed by atoms with Crippen LogP contribution in [0.25, 0.3) is 0 Å². The van der Waals surface area contributed by atoms with Gasteiger partial charge in [-0.05, 0) is 19.9 Å². The van der Waals surface area contributed by atoms with Gasteiger partial charge in [-0.25, -0.2) is 4.98 Å². The number of nitrogens with one attached hydrogen (secondary N) is 1. The maximum Gasteiger partial charge on any atom is 0.238 e. The Morgan fingerprint density at radius 2 is 2.12 bits per heavy atom. The van der Waals surface area contributed by atoms with Crippen LogP contribution in [0.3, 0.4) is 0 Å². The maximum absolute atomic E-state index is 12.4. The topological polar surface area (TPSA) is 116 Å². The van der Waals surface area contributed by atoms with Crippen LogP contribution in [0.5, 0.6) is 0 Å². The molecule has 1 atom stereocenters. The van der Waals surface area contributed by atoms with Gasteiger partial charge in [-0.1, -0.05) is 35.0 Å². The average molecular weight is 417 g/mol. The Balaban J connectivity index is 2.05. The Morgan fingerprint density at radius 3 is 2.73 bits per heavy atom. The van der Waals surface area contributed by atoms with E-state index in [1.54, 1.807) is 6.92 Å². The molecule has 0 unspecified atom stereocenters. The van der Waals surface area contributed by atoms with E-state index in [0.29, 0.717) is 29.0 Å². The molecule has 11 heteroatoms. The van der Waals surface area contributed by atoms with Crippen LogP contribution in [0, 0.1) is 0 Å². The molecule has 0 aliphatic carbocycles. The lowest BCUT2D eigenvalue weighted by Gasteiger charge is -2.13. The first-order chi connectivity index (χ1) is 12.3. The maximum atomic E-state index is 12.4. The van der Waals surface area contributed by atoms with Crippen molar-refractivity contribution >= 4 is 52.6 Å². The second-order valence-corrected chi connectivity index (χ2v) is 7.49.